The molecule has 1 aliphatic heterocycles. The zero-order valence-electron chi connectivity index (χ0n) is 10.8. The topological polar surface area (TPSA) is 46.4 Å². The largest absolute Gasteiger partial charge is 0.298 e. The van der Waals surface area contributed by atoms with Crippen LogP contribution in [0.2, 0.25) is 0 Å². The van der Waals surface area contributed by atoms with Crippen molar-refractivity contribution >= 4 is 17.4 Å². The number of benzene rings is 1. The molecule has 0 bridgehead atoms. The lowest BCUT2D eigenvalue weighted by Gasteiger charge is -2.16. The molecular weight excluding hydrogens is 267 g/mol. The maximum Gasteiger partial charge on any atom is 0.276 e. The summed E-state index contributed by atoms with van der Waals surface area (Å²) in [7, 11) is 0. The van der Waals surface area contributed by atoms with Crippen LogP contribution in [0.3, 0.4) is 0 Å². The molecule has 1 aromatic rings. The fraction of sp³-hybridized carbons (Fsp3) is 0.538. The Morgan fingerprint density at radius 3 is 3.05 bits per heavy atom. The third-order valence-corrected chi connectivity index (χ3v) is 4.25. The summed E-state index contributed by atoms with van der Waals surface area (Å²) in [5.41, 5.74) is 0.0885. The van der Waals surface area contributed by atoms with Crippen molar-refractivity contribution in [3.8, 4) is 0 Å². The molecular formula is C13H17FN2O2S. The van der Waals surface area contributed by atoms with Crippen molar-refractivity contribution < 1.29 is 9.31 Å². The first-order valence-corrected chi connectivity index (χ1v) is 7.64. The van der Waals surface area contributed by atoms with Crippen LogP contribution in [-0.4, -0.2) is 34.9 Å². The van der Waals surface area contributed by atoms with E-state index in [-0.39, 0.29) is 11.3 Å². The summed E-state index contributed by atoms with van der Waals surface area (Å²) in [5.74, 6) is 1.22. The van der Waals surface area contributed by atoms with Gasteiger partial charge < -0.3 is 0 Å². The average molecular weight is 284 g/mol. The van der Waals surface area contributed by atoms with Crippen molar-refractivity contribution in [3.05, 3.63) is 39.7 Å². The van der Waals surface area contributed by atoms with Gasteiger partial charge in [-0.05, 0) is 37.0 Å². The summed E-state index contributed by atoms with van der Waals surface area (Å²) in [6.07, 6.45) is 3.16. The molecule has 6 heteroatoms. The summed E-state index contributed by atoms with van der Waals surface area (Å²) in [5, 5.41) is 10.9. The summed E-state index contributed by atoms with van der Waals surface area (Å²) in [6, 6.07) is 4.04. The molecule has 1 fully saturated rings. The SMILES string of the molecule is CSC[C@H]1CCN(Cc2c(F)cccc2[N+](=O)[O-])C1. The molecule has 4 nitrogen and oxygen atoms in total. The van der Waals surface area contributed by atoms with Crippen molar-refractivity contribution in [1.82, 2.24) is 4.90 Å². The van der Waals surface area contributed by atoms with E-state index in [9.17, 15) is 14.5 Å². The van der Waals surface area contributed by atoms with Gasteiger partial charge in [-0.2, -0.15) is 11.8 Å². The summed E-state index contributed by atoms with van der Waals surface area (Å²) < 4.78 is 13.8. The zero-order valence-corrected chi connectivity index (χ0v) is 11.7. The maximum absolute atomic E-state index is 13.8. The van der Waals surface area contributed by atoms with Gasteiger partial charge in [-0.15, -0.1) is 0 Å². The quantitative estimate of drug-likeness (QED) is 0.616. The van der Waals surface area contributed by atoms with E-state index in [0.717, 1.165) is 25.3 Å². The normalized spacial score (nSPS) is 19.8. The number of hydrogen-bond donors (Lipinski definition) is 0. The van der Waals surface area contributed by atoms with Crippen LogP contribution in [0.4, 0.5) is 10.1 Å². The monoisotopic (exact) mass is 284 g/mol. The van der Waals surface area contributed by atoms with Crippen LogP contribution in [0.25, 0.3) is 0 Å². The van der Waals surface area contributed by atoms with Crippen molar-refractivity contribution in [1.29, 1.82) is 0 Å². The Kier molecular flexibility index (Phi) is 4.76. The molecule has 1 aliphatic rings. The molecule has 1 saturated heterocycles. The molecule has 1 heterocycles. The second-order valence-corrected chi connectivity index (χ2v) is 5.75. The minimum atomic E-state index is -0.506. The Morgan fingerprint density at radius 1 is 1.58 bits per heavy atom. The summed E-state index contributed by atoms with van der Waals surface area (Å²) in [4.78, 5) is 12.5. The molecule has 0 N–H and O–H groups in total. The van der Waals surface area contributed by atoms with Gasteiger partial charge in [0.25, 0.3) is 5.69 Å². The molecule has 0 aliphatic carbocycles. The predicted molar refractivity (Wildman–Crippen MR) is 74.8 cm³/mol. The van der Waals surface area contributed by atoms with Gasteiger partial charge in [-0.3, -0.25) is 15.0 Å². The number of thioether (sulfide) groups is 1. The van der Waals surface area contributed by atoms with E-state index in [2.05, 4.69) is 11.2 Å². The smallest absolute Gasteiger partial charge is 0.276 e. The van der Waals surface area contributed by atoms with Crippen molar-refractivity contribution in [2.24, 2.45) is 5.92 Å². The highest BCUT2D eigenvalue weighted by Gasteiger charge is 2.26. The molecule has 2 rings (SSSR count). The van der Waals surface area contributed by atoms with Gasteiger partial charge in [0.15, 0.2) is 0 Å². The van der Waals surface area contributed by atoms with E-state index < -0.39 is 10.7 Å². The van der Waals surface area contributed by atoms with Crippen LogP contribution >= 0.6 is 11.8 Å². The summed E-state index contributed by atoms with van der Waals surface area (Å²) in [6.45, 7) is 2.11. The fourth-order valence-electron chi connectivity index (χ4n) is 2.53. The highest BCUT2D eigenvalue weighted by atomic mass is 32.2. The third-order valence-electron chi connectivity index (χ3n) is 3.44. The number of halogens is 1. The molecule has 0 radical (unpaired) electrons. The molecule has 1 atom stereocenters. The highest BCUT2D eigenvalue weighted by Crippen LogP contribution is 2.26. The number of nitro benzene ring substituents is 1. The fourth-order valence-corrected chi connectivity index (χ4v) is 3.27. The molecule has 0 aromatic heterocycles. The number of nitrogens with zero attached hydrogens (tertiary/aromatic N) is 2. The van der Waals surface area contributed by atoms with E-state index in [0.29, 0.717) is 12.5 Å². The van der Waals surface area contributed by atoms with Crippen molar-refractivity contribution in [2.75, 3.05) is 25.1 Å². The Bertz CT molecular complexity index is 470. The van der Waals surface area contributed by atoms with Crippen LogP contribution in [-0.2, 0) is 6.54 Å². The molecule has 0 unspecified atom stereocenters. The standard InChI is InChI=1S/C13H17FN2O2S/c1-19-9-10-5-6-15(7-10)8-11-12(14)3-2-4-13(11)16(17)18/h2-4,10H,5-9H2,1H3/t10-/m0/s1. The molecule has 0 saturated carbocycles. The van der Waals surface area contributed by atoms with Crippen LogP contribution in [0, 0.1) is 21.8 Å². The van der Waals surface area contributed by atoms with Gasteiger partial charge in [0, 0.05) is 19.2 Å². The van der Waals surface area contributed by atoms with Gasteiger partial charge >= 0.3 is 0 Å². The van der Waals surface area contributed by atoms with E-state index in [1.165, 1.54) is 18.2 Å². The minimum Gasteiger partial charge on any atom is -0.298 e. The van der Waals surface area contributed by atoms with Gasteiger partial charge in [0.2, 0.25) is 0 Å². The number of rotatable bonds is 5. The molecule has 1 aromatic carbocycles. The van der Waals surface area contributed by atoms with E-state index in [1.54, 1.807) is 0 Å². The molecule has 104 valence electrons. The molecule has 0 amide bonds. The number of likely N-dealkylation sites (tertiary alicyclic amines) is 1. The zero-order chi connectivity index (χ0) is 13.8. The van der Waals surface area contributed by atoms with E-state index >= 15 is 0 Å². The van der Waals surface area contributed by atoms with Gasteiger partial charge in [0.05, 0.1) is 10.5 Å². The Labute approximate surface area is 116 Å². The van der Waals surface area contributed by atoms with E-state index in [1.807, 2.05) is 11.8 Å². The van der Waals surface area contributed by atoms with Crippen molar-refractivity contribution in [2.45, 2.75) is 13.0 Å². The third kappa shape index (κ3) is 3.45. The molecule has 19 heavy (non-hydrogen) atoms. The van der Waals surface area contributed by atoms with E-state index in [4.69, 9.17) is 0 Å². The first-order valence-electron chi connectivity index (χ1n) is 6.25. The maximum atomic E-state index is 13.8. The highest BCUT2D eigenvalue weighted by molar-refractivity contribution is 7.98. The Balaban J connectivity index is 2.09. The van der Waals surface area contributed by atoms with Gasteiger partial charge in [-0.1, -0.05) is 6.07 Å². The Morgan fingerprint density at radius 2 is 2.37 bits per heavy atom. The van der Waals surface area contributed by atoms with Crippen LogP contribution in [0.5, 0.6) is 0 Å². The molecule has 0 spiro atoms. The number of hydrogen-bond acceptors (Lipinski definition) is 4. The average Bonchev–Trinajstić information content (AvgIpc) is 2.79. The van der Waals surface area contributed by atoms with Crippen LogP contribution < -0.4 is 0 Å². The van der Waals surface area contributed by atoms with Gasteiger partial charge in [0.1, 0.15) is 5.82 Å². The van der Waals surface area contributed by atoms with Crippen molar-refractivity contribution in [3.63, 3.8) is 0 Å². The lowest BCUT2D eigenvalue weighted by Crippen LogP contribution is -2.22. The summed E-state index contributed by atoms with van der Waals surface area (Å²) >= 11 is 1.81. The lowest BCUT2D eigenvalue weighted by atomic mass is 10.1. The number of nitro groups is 1. The minimum absolute atomic E-state index is 0.117. The van der Waals surface area contributed by atoms with Crippen LogP contribution in [0.15, 0.2) is 18.2 Å². The predicted octanol–water partition coefficient (Wildman–Crippen LogP) is 2.92. The Hall–Kier alpha value is -1.14. The van der Waals surface area contributed by atoms with Gasteiger partial charge in [-0.25, -0.2) is 4.39 Å². The lowest BCUT2D eigenvalue weighted by molar-refractivity contribution is -0.385. The second-order valence-electron chi connectivity index (χ2n) is 4.84. The first-order chi connectivity index (χ1) is 9.11. The second kappa shape index (κ2) is 6.34. The van der Waals surface area contributed by atoms with Crippen LogP contribution in [0.1, 0.15) is 12.0 Å². The first kappa shape index (κ1) is 14.3.